The maximum atomic E-state index is 13.8. The molecule has 1 aliphatic carbocycles. The second-order valence-corrected chi connectivity index (χ2v) is 6.94. The van der Waals surface area contributed by atoms with Crippen LogP contribution in [0.3, 0.4) is 0 Å². The van der Waals surface area contributed by atoms with Crippen LogP contribution in [0.2, 0.25) is 0 Å². The lowest BCUT2D eigenvalue weighted by Gasteiger charge is -2.20. The zero-order valence-electron chi connectivity index (χ0n) is 14.8. The molecule has 0 spiro atoms. The Hall–Kier alpha value is -2.71. The molecule has 28 heavy (non-hydrogen) atoms. The van der Waals surface area contributed by atoms with Crippen LogP contribution in [0.5, 0.6) is 5.75 Å². The number of halogens is 5. The number of hydrogen-bond donors (Lipinski definition) is 0. The summed E-state index contributed by atoms with van der Waals surface area (Å²) in [6.45, 7) is 1.41. The minimum atomic E-state index is -4.69. The molecule has 4 rings (SSSR count). The van der Waals surface area contributed by atoms with Crippen LogP contribution < -0.4 is 4.74 Å². The molecule has 1 unspecified atom stereocenters. The first-order valence-electron chi connectivity index (χ1n) is 8.79. The van der Waals surface area contributed by atoms with E-state index < -0.39 is 29.5 Å². The van der Waals surface area contributed by atoms with E-state index in [1.165, 1.54) is 23.6 Å². The minimum absolute atomic E-state index is 0.0738. The van der Waals surface area contributed by atoms with Gasteiger partial charge in [0.15, 0.2) is 17.3 Å². The predicted molar refractivity (Wildman–Crippen MR) is 89.8 cm³/mol. The molecule has 2 heterocycles. The topological polar surface area (TPSA) is 39.4 Å². The summed E-state index contributed by atoms with van der Waals surface area (Å²) in [7, 11) is 0. The van der Waals surface area contributed by atoms with Crippen molar-refractivity contribution < 1.29 is 26.7 Å². The molecule has 0 aliphatic heterocycles. The Kier molecular flexibility index (Phi) is 4.47. The van der Waals surface area contributed by atoms with Gasteiger partial charge in [-0.2, -0.15) is 13.2 Å². The van der Waals surface area contributed by atoms with Gasteiger partial charge in [-0.3, -0.25) is 4.40 Å². The summed E-state index contributed by atoms with van der Waals surface area (Å²) in [6, 6.07) is 4.11. The number of ether oxygens (including phenoxy) is 1. The molecule has 0 saturated heterocycles. The number of nitrogens with zero attached hydrogens (tertiary/aromatic N) is 3. The first-order chi connectivity index (χ1) is 13.2. The molecule has 148 valence electrons. The van der Waals surface area contributed by atoms with Crippen LogP contribution in [0.15, 0.2) is 30.5 Å². The van der Waals surface area contributed by atoms with Crippen molar-refractivity contribution >= 4 is 5.65 Å². The van der Waals surface area contributed by atoms with Gasteiger partial charge in [-0.15, -0.1) is 10.2 Å². The van der Waals surface area contributed by atoms with Gasteiger partial charge in [0.25, 0.3) is 0 Å². The average Bonchev–Trinajstić information content (AvgIpc) is 3.35. The van der Waals surface area contributed by atoms with Crippen LogP contribution in [0, 0.1) is 17.6 Å². The van der Waals surface area contributed by atoms with E-state index in [9.17, 15) is 22.0 Å². The lowest BCUT2D eigenvalue weighted by molar-refractivity contribution is -0.138. The van der Waals surface area contributed by atoms with Gasteiger partial charge in [-0.1, -0.05) is 0 Å². The zero-order valence-corrected chi connectivity index (χ0v) is 14.8. The van der Waals surface area contributed by atoms with Gasteiger partial charge in [0, 0.05) is 24.2 Å². The summed E-state index contributed by atoms with van der Waals surface area (Å²) in [6.07, 6.45) is -1.61. The fourth-order valence-electron chi connectivity index (χ4n) is 3.18. The van der Waals surface area contributed by atoms with Crippen molar-refractivity contribution in [1.29, 1.82) is 0 Å². The molecule has 9 heteroatoms. The van der Waals surface area contributed by atoms with Crippen molar-refractivity contribution in [1.82, 2.24) is 14.6 Å². The lowest BCUT2D eigenvalue weighted by Crippen LogP contribution is -2.16. The first kappa shape index (κ1) is 18.6. The van der Waals surface area contributed by atoms with E-state index >= 15 is 0 Å². The molecule has 2 aromatic heterocycles. The third-order valence-corrected chi connectivity index (χ3v) is 4.78. The van der Waals surface area contributed by atoms with Gasteiger partial charge in [0.05, 0.1) is 0 Å². The van der Waals surface area contributed by atoms with Gasteiger partial charge in [-0.25, -0.2) is 8.78 Å². The minimum Gasteiger partial charge on any atom is -0.486 e. The fourth-order valence-corrected chi connectivity index (χ4v) is 3.18. The van der Waals surface area contributed by atoms with Crippen molar-refractivity contribution in [2.24, 2.45) is 5.92 Å². The highest BCUT2D eigenvalue weighted by Gasteiger charge is 2.39. The molecule has 1 saturated carbocycles. The predicted octanol–water partition coefficient (Wildman–Crippen LogP) is 5.12. The third-order valence-electron chi connectivity index (χ3n) is 4.78. The van der Waals surface area contributed by atoms with E-state index in [0.717, 1.165) is 31.0 Å². The molecule has 1 atom stereocenters. The van der Waals surface area contributed by atoms with Crippen LogP contribution in [-0.4, -0.2) is 14.6 Å². The molecule has 0 N–H and O–H groups in total. The SMILES string of the molecule is CC(Oc1ccc(F)c(F)c1)c1ccn2c(CC3CC3)nnc2c1C(F)(F)F. The second kappa shape index (κ2) is 6.72. The molecular weight excluding hydrogens is 381 g/mol. The zero-order chi connectivity index (χ0) is 20.1. The molecule has 1 aromatic carbocycles. The number of fused-ring (bicyclic) bond motifs is 1. The lowest BCUT2D eigenvalue weighted by atomic mass is 10.0. The van der Waals surface area contributed by atoms with E-state index in [2.05, 4.69) is 10.2 Å². The summed E-state index contributed by atoms with van der Waals surface area (Å²) in [5.41, 5.74) is -1.39. The average molecular weight is 397 g/mol. The highest BCUT2D eigenvalue weighted by atomic mass is 19.4. The van der Waals surface area contributed by atoms with Crippen LogP contribution in [0.25, 0.3) is 5.65 Å². The highest BCUT2D eigenvalue weighted by molar-refractivity contribution is 5.54. The standard InChI is InChI=1S/C19H16F5N3O/c1-10(28-12-4-5-14(20)15(21)9-12)13-6-7-27-16(8-11-2-3-11)25-26-18(27)17(13)19(22,23)24/h4-7,9-11H,2-3,8H2,1H3. The number of hydrogen-bond acceptors (Lipinski definition) is 3. The van der Waals surface area contributed by atoms with E-state index in [1.807, 2.05) is 0 Å². The Morgan fingerprint density at radius 1 is 1.14 bits per heavy atom. The Morgan fingerprint density at radius 2 is 1.89 bits per heavy atom. The van der Waals surface area contributed by atoms with Crippen molar-refractivity contribution in [3.63, 3.8) is 0 Å². The number of aromatic nitrogens is 3. The summed E-state index contributed by atoms with van der Waals surface area (Å²) >= 11 is 0. The fraction of sp³-hybridized carbons (Fsp3) is 0.368. The summed E-state index contributed by atoms with van der Waals surface area (Å²) in [4.78, 5) is 0. The highest BCUT2D eigenvalue weighted by Crippen LogP contribution is 2.39. The van der Waals surface area contributed by atoms with Crippen LogP contribution in [-0.2, 0) is 12.6 Å². The van der Waals surface area contributed by atoms with Crippen LogP contribution in [0.4, 0.5) is 22.0 Å². The van der Waals surface area contributed by atoms with E-state index in [-0.39, 0.29) is 17.0 Å². The largest absolute Gasteiger partial charge is 0.486 e. The number of rotatable bonds is 5. The van der Waals surface area contributed by atoms with Gasteiger partial charge in [0.2, 0.25) is 0 Å². The maximum absolute atomic E-state index is 13.8. The van der Waals surface area contributed by atoms with E-state index in [4.69, 9.17) is 4.74 Å². The first-order valence-corrected chi connectivity index (χ1v) is 8.79. The Balaban J connectivity index is 1.73. The van der Waals surface area contributed by atoms with Crippen molar-refractivity contribution in [2.75, 3.05) is 0 Å². The second-order valence-electron chi connectivity index (χ2n) is 6.94. The van der Waals surface area contributed by atoms with Crippen molar-refractivity contribution in [2.45, 2.75) is 38.5 Å². The van der Waals surface area contributed by atoms with Gasteiger partial charge < -0.3 is 4.74 Å². The number of pyridine rings is 1. The summed E-state index contributed by atoms with van der Waals surface area (Å²) in [5, 5.41) is 7.71. The molecule has 0 amide bonds. The summed E-state index contributed by atoms with van der Waals surface area (Å²) < 4.78 is 74.7. The Labute approximate surface area is 157 Å². The molecular formula is C19H16F5N3O. The van der Waals surface area contributed by atoms with Crippen molar-refractivity contribution in [3.05, 3.63) is 59.0 Å². The monoisotopic (exact) mass is 397 g/mol. The maximum Gasteiger partial charge on any atom is 0.420 e. The van der Waals surface area contributed by atoms with Crippen LogP contribution in [0.1, 0.15) is 42.8 Å². The molecule has 0 bridgehead atoms. The molecule has 4 nitrogen and oxygen atoms in total. The van der Waals surface area contributed by atoms with Gasteiger partial charge in [0.1, 0.15) is 23.2 Å². The molecule has 1 aliphatic rings. The number of benzene rings is 1. The van der Waals surface area contributed by atoms with E-state index in [1.54, 1.807) is 0 Å². The van der Waals surface area contributed by atoms with Gasteiger partial charge >= 0.3 is 6.18 Å². The summed E-state index contributed by atoms with van der Waals surface area (Å²) in [5.74, 6) is -1.35. The van der Waals surface area contributed by atoms with Crippen LogP contribution >= 0.6 is 0 Å². The van der Waals surface area contributed by atoms with Gasteiger partial charge in [-0.05, 0) is 43.9 Å². The third kappa shape index (κ3) is 3.53. The normalized spacial score (nSPS) is 15.8. The molecule has 0 radical (unpaired) electrons. The van der Waals surface area contributed by atoms with E-state index in [0.29, 0.717) is 18.2 Å². The Morgan fingerprint density at radius 3 is 2.54 bits per heavy atom. The quantitative estimate of drug-likeness (QED) is 0.561. The molecule has 3 aromatic rings. The smallest absolute Gasteiger partial charge is 0.420 e. The van der Waals surface area contributed by atoms with Crippen molar-refractivity contribution in [3.8, 4) is 5.75 Å². The number of alkyl halides is 3. The molecule has 1 fully saturated rings. The Bertz CT molecular complexity index is 1030.